The number of thiophene rings is 1. The number of rotatable bonds is 4. The van der Waals surface area contributed by atoms with Crippen LogP contribution in [-0.4, -0.2) is 0 Å². The second kappa shape index (κ2) is 10.3. The summed E-state index contributed by atoms with van der Waals surface area (Å²) < 4.78 is 9.27. The predicted molar refractivity (Wildman–Crippen MR) is 202 cm³/mol. The first-order valence-electron chi connectivity index (χ1n) is 15.9. The van der Waals surface area contributed by atoms with Crippen molar-refractivity contribution >= 4 is 92.1 Å². The van der Waals surface area contributed by atoms with Crippen LogP contribution >= 0.6 is 11.3 Å². The van der Waals surface area contributed by atoms with Crippen molar-refractivity contribution in [3.8, 4) is 11.1 Å². The molecule has 2 heterocycles. The van der Waals surface area contributed by atoms with Crippen LogP contribution in [0.1, 0.15) is 0 Å². The molecule has 0 spiro atoms. The molecule has 0 unspecified atom stereocenters. The maximum Gasteiger partial charge on any atom is 0.143 e. The largest absolute Gasteiger partial charge is 0.455 e. The zero-order valence-corrected chi connectivity index (χ0v) is 26.2. The van der Waals surface area contributed by atoms with Crippen molar-refractivity contribution in [1.82, 2.24) is 0 Å². The van der Waals surface area contributed by atoms with Crippen LogP contribution < -0.4 is 4.90 Å². The fraction of sp³-hybridized carbons (Fsp3) is 0. The molecule has 8 aromatic carbocycles. The molecule has 0 bridgehead atoms. The Kier molecular flexibility index (Phi) is 5.78. The number of anilines is 3. The lowest BCUT2D eigenvalue weighted by Gasteiger charge is -2.27. The molecule has 10 rings (SSSR count). The van der Waals surface area contributed by atoms with E-state index in [0.717, 1.165) is 44.4 Å². The number of benzene rings is 8. The smallest absolute Gasteiger partial charge is 0.143 e. The van der Waals surface area contributed by atoms with E-state index < -0.39 is 0 Å². The molecule has 0 aliphatic carbocycles. The van der Waals surface area contributed by atoms with Crippen LogP contribution in [0.3, 0.4) is 0 Å². The highest BCUT2D eigenvalue weighted by molar-refractivity contribution is 7.25. The van der Waals surface area contributed by atoms with Crippen LogP contribution in [0.25, 0.3) is 74.8 Å². The van der Waals surface area contributed by atoms with Crippen molar-refractivity contribution in [2.75, 3.05) is 4.90 Å². The molecule has 47 heavy (non-hydrogen) atoms. The van der Waals surface area contributed by atoms with Gasteiger partial charge in [0, 0.05) is 42.0 Å². The van der Waals surface area contributed by atoms with Gasteiger partial charge in [-0.05, 0) is 70.4 Å². The van der Waals surface area contributed by atoms with Gasteiger partial charge in [0.15, 0.2) is 0 Å². The summed E-state index contributed by atoms with van der Waals surface area (Å²) in [4.78, 5) is 2.40. The summed E-state index contributed by atoms with van der Waals surface area (Å²) in [6.45, 7) is 0. The molecule has 3 heteroatoms. The van der Waals surface area contributed by atoms with E-state index in [2.05, 4.69) is 169 Å². The van der Waals surface area contributed by atoms with Crippen LogP contribution in [0, 0.1) is 0 Å². The van der Waals surface area contributed by atoms with E-state index in [1.165, 1.54) is 47.5 Å². The van der Waals surface area contributed by atoms with Crippen LogP contribution in [-0.2, 0) is 0 Å². The van der Waals surface area contributed by atoms with Crippen molar-refractivity contribution in [1.29, 1.82) is 0 Å². The van der Waals surface area contributed by atoms with Gasteiger partial charge in [0.2, 0.25) is 0 Å². The molecule has 0 saturated carbocycles. The standard InChI is InChI=1S/C44H27NOS/c1-3-12-33-29(9-1)11-7-15-38(33)45(39-16-8-17-40-43(39)37-26-21-30-10-2-4-13-34(30)44(37)46-40)32-23-19-28(20-24-32)31-22-25-36-35-14-5-6-18-41(35)47-42(36)27-31/h1-27H. The van der Waals surface area contributed by atoms with E-state index in [1.807, 2.05) is 11.3 Å². The summed E-state index contributed by atoms with van der Waals surface area (Å²) >= 11 is 1.86. The van der Waals surface area contributed by atoms with Gasteiger partial charge < -0.3 is 9.32 Å². The number of hydrogen-bond donors (Lipinski definition) is 0. The molecule has 0 N–H and O–H groups in total. The van der Waals surface area contributed by atoms with Crippen molar-refractivity contribution in [2.45, 2.75) is 0 Å². The number of fused-ring (bicyclic) bond motifs is 9. The van der Waals surface area contributed by atoms with Crippen molar-refractivity contribution < 1.29 is 4.42 Å². The highest BCUT2D eigenvalue weighted by Gasteiger charge is 2.21. The van der Waals surface area contributed by atoms with Gasteiger partial charge in [-0.15, -0.1) is 11.3 Å². The van der Waals surface area contributed by atoms with Crippen LogP contribution in [0.5, 0.6) is 0 Å². The highest BCUT2D eigenvalue weighted by atomic mass is 32.1. The molecule has 0 radical (unpaired) electrons. The monoisotopic (exact) mass is 617 g/mol. The average Bonchev–Trinajstić information content (AvgIpc) is 3.71. The molecule has 220 valence electrons. The number of furan rings is 1. The Morgan fingerprint density at radius 3 is 1.94 bits per heavy atom. The third-order valence-corrected chi connectivity index (χ3v) is 10.6. The summed E-state index contributed by atoms with van der Waals surface area (Å²) in [6.07, 6.45) is 0. The Bertz CT molecular complexity index is 2800. The Hall–Kier alpha value is -5.90. The second-order valence-corrected chi connectivity index (χ2v) is 13.2. The molecule has 0 aliphatic heterocycles. The molecule has 2 aromatic heterocycles. The molecule has 10 aromatic rings. The minimum Gasteiger partial charge on any atom is -0.455 e. The average molecular weight is 618 g/mol. The van der Waals surface area contributed by atoms with Crippen molar-refractivity contribution in [3.63, 3.8) is 0 Å². The van der Waals surface area contributed by atoms with Gasteiger partial charge in [0.1, 0.15) is 11.2 Å². The zero-order chi connectivity index (χ0) is 30.9. The summed E-state index contributed by atoms with van der Waals surface area (Å²) in [5.41, 5.74) is 7.54. The van der Waals surface area contributed by atoms with Gasteiger partial charge in [0.25, 0.3) is 0 Å². The molecule has 0 fully saturated rings. The maximum absolute atomic E-state index is 6.62. The molecule has 2 nitrogen and oxygen atoms in total. The zero-order valence-electron chi connectivity index (χ0n) is 25.4. The van der Waals surface area contributed by atoms with E-state index in [0.29, 0.717) is 0 Å². The third kappa shape index (κ3) is 4.10. The maximum atomic E-state index is 6.62. The molecule has 0 saturated heterocycles. The van der Waals surface area contributed by atoms with E-state index >= 15 is 0 Å². The first kappa shape index (κ1) is 26.3. The van der Waals surface area contributed by atoms with Gasteiger partial charge in [-0.1, -0.05) is 115 Å². The Morgan fingerprint density at radius 2 is 1.06 bits per heavy atom. The van der Waals surface area contributed by atoms with E-state index in [1.54, 1.807) is 0 Å². The normalized spacial score (nSPS) is 11.8. The fourth-order valence-corrected chi connectivity index (χ4v) is 8.39. The summed E-state index contributed by atoms with van der Waals surface area (Å²) in [7, 11) is 0. The molecular formula is C44H27NOS. The van der Waals surface area contributed by atoms with E-state index in [4.69, 9.17) is 4.42 Å². The van der Waals surface area contributed by atoms with E-state index in [-0.39, 0.29) is 0 Å². The third-order valence-electron chi connectivity index (χ3n) is 9.45. The van der Waals surface area contributed by atoms with Gasteiger partial charge in [-0.2, -0.15) is 0 Å². The quantitative estimate of drug-likeness (QED) is 0.195. The Morgan fingerprint density at radius 1 is 0.426 bits per heavy atom. The van der Waals surface area contributed by atoms with Crippen LogP contribution in [0.4, 0.5) is 17.1 Å². The van der Waals surface area contributed by atoms with Crippen LogP contribution in [0.2, 0.25) is 0 Å². The van der Waals surface area contributed by atoms with Gasteiger partial charge in [-0.3, -0.25) is 0 Å². The van der Waals surface area contributed by atoms with E-state index in [9.17, 15) is 0 Å². The Balaban J connectivity index is 1.18. The fourth-order valence-electron chi connectivity index (χ4n) is 7.24. The lowest BCUT2D eigenvalue weighted by atomic mass is 10.0. The SMILES string of the molecule is c1ccc2c(N(c3ccc(-c4ccc5c(c4)sc4ccccc45)cc3)c3cccc4oc5c6ccccc6ccc5c34)cccc2c1. The van der Waals surface area contributed by atoms with Gasteiger partial charge in [-0.25, -0.2) is 0 Å². The summed E-state index contributed by atoms with van der Waals surface area (Å²) in [5.74, 6) is 0. The lowest BCUT2D eigenvalue weighted by molar-refractivity contribution is 0.672. The first-order valence-corrected chi connectivity index (χ1v) is 16.7. The predicted octanol–water partition coefficient (Wildman–Crippen LogP) is 13.4. The minimum atomic E-state index is 0.882. The number of nitrogens with zero attached hydrogens (tertiary/aromatic N) is 1. The lowest BCUT2D eigenvalue weighted by Crippen LogP contribution is -2.10. The first-order chi connectivity index (χ1) is 23.3. The van der Waals surface area contributed by atoms with Crippen molar-refractivity contribution in [3.05, 3.63) is 164 Å². The van der Waals surface area contributed by atoms with Crippen LogP contribution in [0.15, 0.2) is 168 Å². The topological polar surface area (TPSA) is 16.4 Å². The minimum absolute atomic E-state index is 0.882. The molecule has 0 atom stereocenters. The highest BCUT2D eigenvalue weighted by Crippen LogP contribution is 2.46. The van der Waals surface area contributed by atoms with Crippen molar-refractivity contribution in [2.24, 2.45) is 0 Å². The number of hydrogen-bond acceptors (Lipinski definition) is 3. The van der Waals surface area contributed by atoms with Gasteiger partial charge >= 0.3 is 0 Å². The molecular weight excluding hydrogens is 591 g/mol. The molecule has 0 amide bonds. The van der Waals surface area contributed by atoms with Gasteiger partial charge in [0.05, 0.1) is 16.8 Å². The molecule has 0 aliphatic rings. The Labute approximate surface area is 275 Å². The second-order valence-electron chi connectivity index (χ2n) is 12.1. The summed E-state index contributed by atoms with van der Waals surface area (Å²) in [5, 5.41) is 9.59. The summed E-state index contributed by atoms with van der Waals surface area (Å²) in [6, 6.07) is 59.0.